The summed E-state index contributed by atoms with van der Waals surface area (Å²) >= 11 is 3.38. The minimum atomic E-state index is -0.0696. The van der Waals surface area contributed by atoms with E-state index < -0.39 is 0 Å². The highest BCUT2D eigenvalue weighted by Crippen LogP contribution is 2.25. The molecule has 1 unspecified atom stereocenters. The molecule has 1 fully saturated rings. The molecule has 0 saturated carbocycles. The molecule has 1 aromatic carbocycles. The molecule has 126 valence electrons. The molecule has 1 aromatic heterocycles. The van der Waals surface area contributed by atoms with Gasteiger partial charge in [0.2, 0.25) is 0 Å². The number of anilines is 1. The zero-order chi connectivity index (χ0) is 17.1. The van der Waals surface area contributed by atoms with E-state index in [1.165, 1.54) is 0 Å². The Morgan fingerprint density at radius 2 is 1.96 bits per heavy atom. The molecule has 3 rings (SSSR count). The molecule has 1 aliphatic rings. The number of carbonyl (C=O) groups excluding carboxylic acids is 1. The summed E-state index contributed by atoms with van der Waals surface area (Å²) in [7, 11) is 3.80. The van der Waals surface area contributed by atoms with Crippen LogP contribution in [0.1, 0.15) is 16.8 Å². The van der Waals surface area contributed by atoms with Gasteiger partial charge >= 0.3 is 0 Å². The average molecular weight is 391 g/mol. The Bertz CT molecular complexity index is 721. The number of benzene rings is 1. The van der Waals surface area contributed by atoms with Gasteiger partial charge in [-0.3, -0.25) is 4.79 Å². The standard InChI is InChI=1S/C17H19BrN4O2/c1-21(2)15-16(20-9-8-19-15)24-14-7-10-22(11-14)17(23)12-3-5-13(18)6-4-12/h3-6,8-9,14H,7,10-11H2,1-2H3. The van der Waals surface area contributed by atoms with Crippen LogP contribution in [0.15, 0.2) is 41.1 Å². The van der Waals surface area contributed by atoms with E-state index in [-0.39, 0.29) is 12.0 Å². The van der Waals surface area contributed by atoms with Gasteiger partial charge in [-0.2, -0.15) is 0 Å². The summed E-state index contributed by atoms with van der Waals surface area (Å²) in [6.45, 7) is 1.23. The lowest BCUT2D eigenvalue weighted by molar-refractivity contribution is 0.0771. The molecule has 1 amide bonds. The van der Waals surface area contributed by atoms with Crippen molar-refractivity contribution in [2.24, 2.45) is 0 Å². The number of carbonyl (C=O) groups is 1. The van der Waals surface area contributed by atoms with Crippen molar-refractivity contribution in [3.8, 4) is 5.88 Å². The van der Waals surface area contributed by atoms with Crippen molar-refractivity contribution >= 4 is 27.7 Å². The molecule has 0 aliphatic carbocycles. The Balaban J connectivity index is 1.65. The van der Waals surface area contributed by atoms with Gasteiger partial charge in [-0.1, -0.05) is 15.9 Å². The Hall–Kier alpha value is -2.15. The van der Waals surface area contributed by atoms with Gasteiger partial charge in [-0.05, 0) is 24.3 Å². The van der Waals surface area contributed by atoms with E-state index in [0.29, 0.717) is 30.4 Å². The lowest BCUT2D eigenvalue weighted by Crippen LogP contribution is -2.31. The van der Waals surface area contributed by atoms with Crippen molar-refractivity contribution in [2.45, 2.75) is 12.5 Å². The Kier molecular flexibility index (Phi) is 4.99. The molecule has 2 heterocycles. The molecule has 24 heavy (non-hydrogen) atoms. The van der Waals surface area contributed by atoms with E-state index in [0.717, 1.165) is 10.9 Å². The largest absolute Gasteiger partial charge is 0.470 e. The van der Waals surface area contributed by atoms with Crippen molar-refractivity contribution in [3.63, 3.8) is 0 Å². The van der Waals surface area contributed by atoms with Crippen LogP contribution in [0.4, 0.5) is 5.82 Å². The number of nitrogens with zero attached hydrogens (tertiary/aromatic N) is 4. The highest BCUT2D eigenvalue weighted by molar-refractivity contribution is 9.10. The van der Waals surface area contributed by atoms with Crippen LogP contribution in [0.2, 0.25) is 0 Å². The second-order valence-electron chi connectivity index (χ2n) is 5.87. The molecule has 1 atom stereocenters. The molecule has 2 aromatic rings. The summed E-state index contributed by atoms with van der Waals surface area (Å²) in [5.74, 6) is 1.22. The van der Waals surface area contributed by atoms with Gasteiger partial charge < -0.3 is 14.5 Å². The molecular weight excluding hydrogens is 372 g/mol. The van der Waals surface area contributed by atoms with Crippen LogP contribution in [0.3, 0.4) is 0 Å². The quantitative estimate of drug-likeness (QED) is 0.802. The van der Waals surface area contributed by atoms with E-state index in [1.54, 1.807) is 12.4 Å². The van der Waals surface area contributed by atoms with E-state index in [4.69, 9.17) is 4.74 Å². The number of halogens is 1. The van der Waals surface area contributed by atoms with Crippen LogP contribution in [0, 0.1) is 0 Å². The molecule has 1 aliphatic heterocycles. The van der Waals surface area contributed by atoms with Gasteiger partial charge in [0.1, 0.15) is 6.10 Å². The molecule has 0 N–H and O–H groups in total. The summed E-state index contributed by atoms with van der Waals surface area (Å²) in [4.78, 5) is 24.8. The van der Waals surface area contributed by atoms with Crippen LogP contribution in [-0.4, -0.2) is 54.1 Å². The van der Waals surface area contributed by atoms with Crippen LogP contribution in [0.5, 0.6) is 5.88 Å². The number of aromatic nitrogens is 2. The van der Waals surface area contributed by atoms with E-state index in [2.05, 4.69) is 25.9 Å². The summed E-state index contributed by atoms with van der Waals surface area (Å²) in [6, 6.07) is 7.40. The molecule has 0 bridgehead atoms. The van der Waals surface area contributed by atoms with Gasteiger partial charge in [0, 0.05) is 49.5 Å². The lowest BCUT2D eigenvalue weighted by atomic mass is 10.2. The summed E-state index contributed by atoms with van der Waals surface area (Å²) in [5, 5.41) is 0. The third-order valence-electron chi connectivity index (χ3n) is 3.87. The second-order valence-corrected chi connectivity index (χ2v) is 6.78. The first-order valence-corrected chi connectivity index (χ1v) is 8.53. The van der Waals surface area contributed by atoms with Crippen molar-refractivity contribution < 1.29 is 9.53 Å². The molecule has 7 heteroatoms. The molecule has 6 nitrogen and oxygen atoms in total. The first-order valence-electron chi connectivity index (χ1n) is 7.74. The molecule has 1 saturated heterocycles. The zero-order valence-electron chi connectivity index (χ0n) is 13.6. The monoisotopic (exact) mass is 390 g/mol. The third-order valence-corrected chi connectivity index (χ3v) is 4.40. The number of likely N-dealkylation sites (tertiary alicyclic amines) is 1. The second kappa shape index (κ2) is 7.17. The first-order chi connectivity index (χ1) is 11.5. The SMILES string of the molecule is CN(C)c1nccnc1OC1CCN(C(=O)c2ccc(Br)cc2)C1. The Labute approximate surface area is 149 Å². The number of hydrogen-bond acceptors (Lipinski definition) is 5. The molecule has 0 spiro atoms. The number of rotatable bonds is 4. The first kappa shape index (κ1) is 16.7. The lowest BCUT2D eigenvalue weighted by Gasteiger charge is -2.19. The molecular formula is C17H19BrN4O2. The van der Waals surface area contributed by atoms with Gasteiger partial charge in [0.15, 0.2) is 5.82 Å². The summed E-state index contributed by atoms with van der Waals surface area (Å²) in [5.41, 5.74) is 0.687. The Morgan fingerprint density at radius 1 is 1.25 bits per heavy atom. The fraction of sp³-hybridized carbons (Fsp3) is 0.353. The predicted octanol–water partition coefficient (Wildman–Crippen LogP) is 2.60. The van der Waals surface area contributed by atoms with Gasteiger partial charge in [-0.25, -0.2) is 9.97 Å². The van der Waals surface area contributed by atoms with Crippen molar-refractivity contribution in [3.05, 3.63) is 46.7 Å². The molecule has 0 radical (unpaired) electrons. The maximum absolute atomic E-state index is 12.6. The van der Waals surface area contributed by atoms with Crippen LogP contribution >= 0.6 is 15.9 Å². The fourth-order valence-electron chi connectivity index (χ4n) is 2.65. The van der Waals surface area contributed by atoms with E-state index in [9.17, 15) is 4.79 Å². The Morgan fingerprint density at radius 3 is 2.67 bits per heavy atom. The maximum Gasteiger partial charge on any atom is 0.257 e. The highest BCUT2D eigenvalue weighted by Gasteiger charge is 2.29. The van der Waals surface area contributed by atoms with Crippen LogP contribution < -0.4 is 9.64 Å². The zero-order valence-corrected chi connectivity index (χ0v) is 15.2. The van der Waals surface area contributed by atoms with E-state index >= 15 is 0 Å². The van der Waals surface area contributed by atoms with Crippen LogP contribution in [0.25, 0.3) is 0 Å². The maximum atomic E-state index is 12.6. The average Bonchev–Trinajstić information content (AvgIpc) is 3.04. The number of amides is 1. The number of hydrogen-bond donors (Lipinski definition) is 0. The summed E-state index contributed by atoms with van der Waals surface area (Å²) in [6.07, 6.45) is 3.97. The van der Waals surface area contributed by atoms with Crippen molar-refractivity contribution in [1.29, 1.82) is 0 Å². The predicted molar refractivity (Wildman–Crippen MR) is 95.4 cm³/mol. The smallest absolute Gasteiger partial charge is 0.257 e. The number of ether oxygens (including phenoxy) is 1. The minimum Gasteiger partial charge on any atom is -0.470 e. The van der Waals surface area contributed by atoms with E-state index in [1.807, 2.05) is 48.2 Å². The minimum absolute atomic E-state index is 0.0283. The third kappa shape index (κ3) is 3.67. The van der Waals surface area contributed by atoms with Crippen LogP contribution in [-0.2, 0) is 0 Å². The van der Waals surface area contributed by atoms with Crippen molar-refractivity contribution in [1.82, 2.24) is 14.9 Å². The van der Waals surface area contributed by atoms with Gasteiger partial charge in [0.25, 0.3) is 11.8 Å². The normalized spacial score (nSPS) is 17.0. The van der Waals surface area contributed by atoms with Gasteiger partial charge in [-0.15, -0.1) is 0 Å². The van der Waals surface area contributed by atoms with Gasteiger partial charge in [0.05, 0.1) is 6.54 Å². The van der Waals surface area contributed by atoms with Crippen molar-refractivity contribution in [2.75, 3.05) is 32.1 Å². The highest BCUT2D eigenvalue weighted by atomic mass is 79.9. The fourth-order valence-corrected chi connectivity index (χ4v) is 2.91. The topological polar surface area (TPSA) is 58.6 Å². The summed E-state index contributed by atoms with van der Waals surface area (Å²) < 4.78 is 6.95.